The first-order valence-electron chi connectivity index (χ1n) is 24.5. The van der Waals surface area contributed by atoms with E-state index in [2.05, 4.69) is 175 Å². The fourth-order valence-electron chi connectivity index (χ4n) is 10.5. The van der Waals surface area contributed by atoms with Gasteiger partial charge in [-0.3, -0.25) is 0 Å². The fourth-order valence-corrected chi connectivity index (χ4v) is 12.8. The van der Waals surface area contributed by atoms with Gasteiger partial charge >= 0.3 is 41.9 Å². The van der Waals surface area contributed by atoms with Crippen LogP contribution in [0.15, 0.2) is 109 Å². The summed E-state index contributed by atoms with van der Waals surface area (Å²) >= 11 is 1.74. The minimum atomic E-state index is -1.25. The van der Waals surface area contributed by atoms with E-state index >= 15 is 0 Å². The first kappa shape index (κ1) is 54.8. The second kappa shape index (κ2) is 24.5. The monoisotopic (exact) mass is 1020 g/mol. The van der Waals surface area contributed by atoms with E-state index in [1.54, 1.807) is 23.3 Å². The first-order valence-corrected chi connectivity index (χ1v) is 37.7. The van der Waals surface area contributed by atoms with Gasteiger partial charge < -0.3 is 24.8 Å². The van der Waals surface area contributed by atoms with E-state index in [0.29, 0.717) is 10.8 Å². The summed E-state index contributed by atoms with van der Waals surface area (Å²) in [4.78, 5) is 0. The molecule has 64 heavy (non-hydrogen) atoms. The topological polar surface area (TPSA) is 0 Å². The van der Waals surface area contributed by atoms with Crippen LogP contribution in [0.5, 0.6) is 0 Å². The molecule has 0 atom stereocenters. The second-order valence-corrected chi connectivity index (χ2v) is 42.0. The summed E-state index contributed by atoms with van der Waals surface area (Å²) in [5, 5.41) is 8.74. The Labute approximate surface area is 420 Å². The summed E-state index contributed by atoms with van der Waals surface area (Å²) in [6, 6.07) is 42.3. The van der Waals surface area contributed by atoms with Crippen molar-refractivity contribution in [3.8, 4) is 22.3 Å². The van der Waals surface area contributed by atoms with Crippen molar-refractivity contribution in [3.05, 3.63) is 120 Å². The Balaban J connectivity index is 0.000000252. The number of fused-ring (bicyclic) bond motifs is 2. The Morgan fingerprint density at radius 1 is 0.484 bits per heavy atom. The Kier molecular flexibility index (Phi) is 21.0. The molecule has 8 rings (SSSR count). The van der Waals surface area contributed by atoms with Gasteiger partial charge in [0.25, 0.3) is 0 Å². The average Bonchev–Trinajstić information content (AvgIpc) is 3.80. The van der Waals surface area contributed by atoms with Gasteiger partial charge in [0.15, 0.2) is 0 Å². The smallest absolute Gasteiger partial charge is 1.00 e. The molecular weight excluding hydrogens is 943 g/mol. The van der Waals surface area contributed by atoms with Crippen molar-refractivity contribution in [2.45, 2.75) is 169 Å². The standard InChI is InChI=1S/2C28H37Si.C2H6Si.2ClH.Zr/c2*1-28(17-8-6-5-7-9-18-28)21-22-19-24-11-10-12-26(27(24)20-22)23-13-15-25(16-14-23)29(2,3)4;1-3-2;;;/h2*10-16,19-20H,5-9,17-18,21H2,1-4H3;1-2H3;2*1H;/q2*-1;;;;+2/p-2. The van der Waals surface area contributed by atoms with Crippen molar-refractivity contribution in [3.63, 3.8) is 0 Å². The normalized spacial score (nSPS) is 16.6. The van der Waals surface area contributed by atoms with Crippen LogP contribution < -0.4 is 35.2 Å². The summed E-state index contributed by atoms with van der Waals surface area (Å²) < 4.78 is 0. The zero-order chi connectivity index (χ0) is 44.5. The molecule has 0 N–H and O–H groups in total. The molecule has 6 aromatic rings. The largest absolute Gasteiger partial charge is 1.00 e. The number of halogens is 2. The fraction of sp³-hybridized carbons (Fsp3) is 0.483. The average molecular weight is 1020 g/mol. The van der Waals surface area contributed by atoms with Gasteiger partial charge in [-0.1, -0.05) is 200 Å². The number of rotatable bonds is 8. The Morgan fingerprint density at radius 3 is 1.08 bits per heavy atom. The Bertz CT molecular complexity index is 2170. The summed E-state index contributed by atoms with van der Waals surface area (Å²) in [7, 11) is -2.50. The van der Waals surface area contributed by atoms with Gasteiger partial charge in [0.05, 0.1) is 16.1 Å². The number of hydrogen-bond acceptors (Lipinski definition) is 0. The Hall–Kier alpha value is -1.79. The van der Waals surface area contributed by atoms with Crippen molar-refractivity contribution in [1.82, 2.24) is 0 Å². The van der Waals surface area contributed by atoms with Crippen LogP contribution in [0.2, 0.25) is 52.4 Å². The van der Waals surface area contributed by atoms with Crippen molar-refractivity contribution in [2.75, 3.05) is 0 Å². The maximum absolute atomic E-state index is 2.53. The Morgan fingerprint density at radius 2 is 0.781 bits per heavy atom. The van der Waals surface area contributed by atoms with Crippen molar-refractivity contribution in [1.29, 1.82) is 0 Å². The second-order valence-electron chi connectivity index (χ2n) is 22.5. The zero-order valence-corrected chi connectivity index (χ0v) is 48.4. The summed E-state index contributed by atoms with van der Waals surface area (Å²) in [5.41, 5.74) is 9.72. The van der Waals surface area contributed by atoms with E-state index in [4.69, 9.17) is 0 Å². The predicted octanol–water partition coefficient (Wildman–Crippen LogP) is 10.9. The van der Waals surface area contributed by atoms with E-state index in [0.717, 1.165) is 0 Å². The van der Waals surface area contributed by atoms with Gasteiger partial charge in [0.2, 0.25) is 0 Å². The van der Waals surface area contributed by atoms with E-state index in [1.807, 2.05) is 0 Å². The van der Waals surface area contributed by atoms with Crippen LogP contribution in [0.3, 0.4) is 0 Å². The van der Waals surface area contributed by atoms with Crippen LogP contribution in [-0.2, 0) is 36.2 Å². The molecule has 0 unspecified atom stereocenters. The predicted molar refractivity (Wildman–Crippen MR) is 282 cm³/mol. The third-order valence-electron chi connectivity index (χ3n) is 14.1. The van der Waals surface area contributed by atoms with Crippen LogP contribution in [0.4, 0.5) is 0 Å². The van der Waals surface area contributed by atoms with Gasteiger partial charge in [-0.25, -0.2) is 0 Å². The van der Waals surface area contributed by atoms with Gasteiger partial charge in [-0.05, 0) is 60.5 Å². The number of hydrogen-bond donors (Lipinski definition) is 0. The van der Waals surface area contributed by atoms with Crippen molar-refractivity contribution < 1.29 is 48.1 Å². The minimum absolute atomic E-state index is 0. The van der Waals surface area contributed by atoms with Crippen LogP contribution in [-0.4, -0.2) is 21.6 Å². The molecule has 0 aromatic heterocycles. The molecular formula is C58H80Cl2Si3Zr-2. The van der Waals surface area contributed by atoms with Crippen molar-refractivity contribution in [2.24, 2.45) is 10.8 Å². The molecule has 2 saturated carbocycles. The molecule has 0 bridgehead atoms. The van der Waals surface area contributed by atoms with E-state index in [1.165, 1.54) is 168 Å². The molecule has 0 spiro atoms. The van der Waals surface area contributed by atoms with Crippen LogP contribution in [0.1, 0.15) is 115 Å². The maximum atomic E-state index is 2.53. The molecule has 2 aliphatic rings. The van der Waals surface area contributed by atoms with Gasteiger partial charge in [-0.2, -0.15) is 12.1 Å². The minimum Gasteiger partial charge on any atom is -1.00 e. The zero-order valence-electron chi connectivity index (χ0n) is 41.5. The molecule has 0 amide bonds. The van der Waals surface area contributed by atoms with Crippen LogP contribution in [0.25, 0.3) is 43.8 Å². The van der Waals surface area contributed by atoms with Crippen molar-refractivity contribution >= 4 is 53.5 Å². The molecule has 344 valence electrons. The summed E-state index contributed by atoms with van der Waals surface area (Å²) in [6.07, 6.45) is 22.2. The van der Waals surface area contributed by atoms with E-state index in [-0.39, 0.29) is 30.2 Å². The summed E-state index contributed by atoms with van der Waals surface area (Å²) in [5.74, 6) is 0. The maximum Gasteiger partial charge on any atom is -1.00 e. The number of benzene rings is 4. The molecule has 0 saturated heterocycles. The van der Waals surface area contributed by atoms with E-state index in [9.17, 15) is 0 Å². The summed E-state index contributed by atoms with van der Waals surface area (Å²) in [6.45, 7) is 24.2. The third-order valence-corrected chi connectivity index (χ3v) is 18.3. The molecule has 0 nitrogen and oxygen atoms in total. The van der Waals surface area contributed by atoms with Crippen LogP contribution >= 0.6 is 0 Å². The van der Waals surface area contributed by atoms with Gasteiger partial charge in [0, 0.05) is 0 Å². The van der Waals surface area contributed by atoms with Crippen LogP contribution in [0, 0.1) is 10.8 Å². The molecule has 0 radical (unpaired) electrons. The quantitative estimate of drug-likeness (QED) is 0.105. The third kappa shape index (κ3) is 15.6. The van der Waals surface area contributed by atoms with E-state index < -0.39 is 16.1 Å². The molecule has 0 heterocycles. The molecule has 2 aliphatic carbocycles. The SMILES string of the molecule is CC1(Cc2cc3c(-c4ccc([Si](C)(C)C)cc4)cccc3[cH-]2)CCCCCCC1.CC1(Cc2cc3c(-c4ccc([Si](C)(C)C)cc4)cccc3[cH-]2)CCCCCCC1.C[Si](C)=[Zr+2].[Cl-].[Cl-]. The molecule has 6 aromatic carbocycles. The van der Waals surface area contributed by atoms with Gasteiger partial charge in [-0.15, -0.1) is 69.1 Å². The molecule has 0 aliphatic heterocycles. The van der Waals surface area contributed by atoms with Gasteiger partial charge in [0.1, 0.15) is 0 Å². The molecule has 6 heteroatoms. The first-order chi connectivity index (χ1) is 29.4. The molecule has 2 fully saturated rings.